The summed E-state index contributed by atoms with van der Waals surface area (Å²) in [4.78, 5) is 19.8. The van der Waals surface area contributed by atoms with Gasteiger partial charge in [0.2, 0.25) is 0 Å². The molecule has 1 aliphatic heterocycles. The van der Waals surface area contributed by atoms with Crippen LogP contribution in [0.1, 0.15) is 35.8 Å². The molecular formula is C22H25N5OS. The van der Waals surface area contributed by atoms with Crippen molar-refractivity contribution in [3.05, 3.63) is 53.3 Å². The van der Waals surface area contributed by atoms with E-state index in [1.807, 2.05) is 41.0 Å². The number of thiazole rings is 1. The Morgan fingerprint density at radius 2 is 2.07 bits per heavy atom. The molecule has 2 aliphatic rings. The van der Waals surface area contributed by atoms with Crippen LogP contribution in [0.5, 0.6) is 0 Å². The molecule has 6 nitrogen and oxygen atoms in total. The van der Waals surface area contributed by atoms with Gasteiger partial charge in [-0.15, -0.1) is 11.3 Å². The van der Waals surface area contributed by atoms with Crippen molar-refractivity contribution in [1.82, 2.24) is 19.7 Å². The van der Waals surface area contributed by atoms with E-state index in [9.17, 15) is 4.79 Å². The van der Waals surface area contributed by atoms with Crippen molar-refractivity contribution in [2.24, 2.45) is 13.0 Å². The van der Waals surface area contributed by atoms with Gasteiger partial charge in [0.25, 0.3) is 0 Å². The number of hydrogen-bond acceptors (Lipinski definition) is 4. The van der Waals surface area contributed by atoms with Crippen molar-refractivity contribution in [2.45, 2.75) is 31.6 Å². The van der Waals surface area contributed by atoms with Crippen molar-refractivity contribution in [3.63, 3.8) is 0 Å². The summed E-state index contributed by atoms with van der Waals surface area (Å²) in [5.74, 6) is 1.06. The Labute approximate surface area is 174 Å². The van der Waals surface area contributed by atoms with E-state index in [0.29, 0.717) is 11.8 Å². The third-order valence-electron chi connectivity index (χ3n) is 5.69. The Balaban J connectivity index is 1.28. The number of nitrogens with one attached hydrogen (secondary N) is 1. The minimum Gasteiger partial charge on any atom is -0.324 e. The number of anilines is 1. The quantitative estimate of drug-likeness (QED) is 0.676. The van der Waals surface area contributed by atoms with Gasteiger partial charge >= 0.3 is 6.03 Å². The van der Waals surface area contributed by atoms with Crippen LogP contribution in [-0.4, -0.2) is 38.8 Å². The highest BCUT2D eigenvalue weighted by molar-refractivity contribution is 7.16. The second-order valence-electron chi connectivity index (χ2n) is 8.13. The first-order valence-electron chi connectivity index (χ1n) is 10.3. The van der Waals surface area contributed by atoms with Gasteiger partial charge in [-0.05, 0) is 37.2 Å². The molecule has 0 spiro atoms. The number of rotatable bonds is 5. The minimum absolute atomic E-state index is 0.0122. The molecule has 2 aromatic heterocycles. The van der Waals surface area contributed by atoms with Gasteiger partial charge < -0.3 is 4.90 Å². The summed E-state index contributed by atoms with van der Waals surface area (Å²) in [5, 5.41) is 9.44. The maximum atomic E-state index is 13.0. The summed E-state index contributed by atoms with van der Waals surface area (Å²) >= 11 is 1.64. The number of hydrogen-bond donors (Lipinski definition) is 1. The fourth-order valence-electron chi connectivity index (χ4n) is 3.99. The van der Waals surface area contributed by atoms with E-state index in [1.54, 1.807) is 11.3 Å². The molecule has 0 bridgehead atoms. The summed E-state index contributed by atoms with van der Waals surface area (Å²) in [6.07, 6.45) is 8.40. The van der Waals surface area contributed by atoms with Gasteiger partial charge in [-0.25, -0.2) is 9.78 Å². The highest BCUT2D eigenvalue weighted by atomic mass is 32.1. The molecule has 0 radical (unpaired) electrons. The molecule has 2 fully saturated rings. The molecule has 5 rings (SSSR count). The molecule has 1 saturated carbocycles. The van der Waals surface area contributed by atoms with E-state index in [4.69, 9.17) is 4.98 Å². The van der Waals surface area contributed by atoms with Gasteiger partial charge in [0.1, 0.15) is 10.7 Å². The number of aromatic nitrogens is 3. The number of nitrogens with zero attached hydrogens (tertiary/aromatic N) is 4. The molecule has 1 N–H and O–H groups in total. The molecule has 29 heavy (non-hydrogen) atoms. The molecular weight excluding hydrogens is 382 g/mol. The first-order chi connectivity index (χ1) is 14.2. The molecule has 1 saturated heterocycles. The summed E-state index contributed by atoms with van der Waals surface area (Å²) in [6, 6.07) is 10.1. The van der Waals surface area contributed by atoms with Crippen LogP contribution >= 0.6 is 11.3 Å². The lowest BCUT2D eigenvalue weighted by molar-refractivity contribution is 0.221. The number of urea groups is 1. The molecule has 0 unspecified atom stereocenters. The summed E-state index contributed by atoms with van der Waals surface area (Å²) < 4.78 is 1.83. The van der Waals surface area contributed by atoms with E-state index >= 15 is 0 Å². The molecule has 3 heterocycles. The van der Waals surface area contributed by atoms with Crippen molar-refractivity contribution in [3.8, 4) is 11.3 Å². The number of carbonyl (C=O) groups excluding carboxylic acids is 1. The molecule has 3 aromatic rings. The summed E-state index contributed by atoms with van der Waals surface area (Å²) in [5.41, 5.74) is 3.20. The van der Waals surface area contributed by atoms with Crippen LogP contribution in [-0.2, 0) is 13.5 Å². The highest BCUT2D eigenvalue weighted by Gasteiger charge is 2.31. The SMILES string of the molecule is Cn1cc(C[C@H]2CCN(C(=O)Nc3sc(C4CC4)nc3-c3ccccc3)C2)cn1. The smallest absolute Gasteiger partial charge is 0.322 e. The molecule has 1 aliphatic carbocycles. The van der Waals surface area contributed by atoms with Crippen LogP contribution in [0.15, 0.2) is 42.7 Å². The molecule has 150 valence electrons. The lowest BCUT2D eigenvalue weighted by Crippen LogP contribution is -2.33. The fourth-order valence-corrected chi connectivity index (χ4v) is 5.14. The minimum atomic E-state index is -0.0122. The first kappa shape index (κ1) is 18.4. The molecule has 2 amide bonds. The van der Waals surface area contributed by atoms with E-state index in [1.165, 1.54) is 18.4 Å². The second kappa shape index (κ2) is 7.63. The Morgan fingerprint density at radius 3 is 2.79 bits per heavy atom. The molecule has 7 heteroatoms. The van der Waals surface area contributed by atoms with Gasteiger partial charge in [-0.1, -0.05) is 30.3 Å². The first-order valence-corrected chi connectivity index (χ1v) is 11.1. The Bertz CT molecular complexity index is 1010. The van der Waals surface area contributed by atoms with Gasteiger partial charge in [-0.3, -0.25) is 10.00 Å². The van der Waals surface area contributed by atoms with E-state index in [2.05, 4.69) is 28.7 Å². The monoisotopic (exact) mass is 407 g/mol. The average Bonchev–Trinajstić information content (AvgIpc) is 3.12. The highest BCUT2D eigenvalue weighted by Crippen LogP contribution is 2.46. The number of aryl methyl sites for hydroxylation is 1. The van der Waals surface area contributed by atoms with Gasteiger partial charge in [0.15, 0.2) is 0 Å². The van der Waals surface area contributed by atoms with Crippen LogP contribution in [0.3, 0.4) is 0 Å². The van der Waals surface area contributed by atoms with Gasteiger partial charge in [0.05, 0.1) is 11.2 Å². The van der Waals surface area contributed by atoms with Crippen molar-refractivity contribution in [2.75, 3.05) is 18.4 Å². The zero-order chi connectivity index (χ0) is 19.8. The predicted molar refractivity (Wildman–Crippen MR) is 115 cm³/mol. The average molecular weight is 408 g/mol. The van der Waals surface area contributed by atoms with Crippen molar-refractivity contribution >= 4 is 22.4 Å². The molecule has 1 atom stereocenters. The number of amides is 2. The number of likely N-dealkylation sites (tertiary alicyclic amines) is 1. The van der Waals surface area contributed by atoms with Crippen LogP contribution < -0.4 is 5.32 Å². The maximum absolute atomic E-state index is 13.0. The van der Waals surface area contributed by atoms with Crippen LogP contribution in [0.25, 0.3) is 11.3 Å². The maximum Gasteiger partial charge on any atom is 0.322 e. The predicted octanol–water partition coefficient (Wildman–Crippen LogP) is 4.52. The zero-order valence-electron chi connectivity index (χ0n) is 16.5. The third-order valence-corrected chi connectivity index (χ3v) is 6.83. The second-order valence-corrected chi connectivity index (χ2v) is 9.16. The Kier molecular flexibility index (Phi) is 4.83. The topological polar surface area (TPSA) is 63.1 Å². The number of benzene rings is 1. The van der Waals surface area contributed by atoms with Crippen molar-refractivity contribution < 1.29 is 4.79 Å². The largest absolute Gasteiger partial charge is 0.324 e. The summed E-state index contributed by atoms with van der Waals surface area (Å²) in [7, 11) is 1.94. The normalized spacial score (nSPS) is 18.9. The Hall–Kier alpha value is -2.67. The summed E-state index contributed by atoms with van der Waals surface area (Å²) in [6.45, 7) is 1.58. The third kappa shape index (κ3) is 4.05. The van der Waals surface area contributed by atoms with Crippen LogP contribution in [0, 0.1) is 5.92 Å². The van der Waals surface area contributed by atoms with Crippen LogP contribution in [0.4, 0.5) is 9.80 Å². The fraction of sp³-hybridized carbons (Fsp3) is 0.409. The van der Waals surface area contributed by atoms with Crippen molar-refractivity contribution in [1.29, 1.82) is 0 Å². The van der Waals surface area contributed by atoms with E-state index in [-0.39, 0.29) is 6.03 Å². The lowest BCUT2D eigenvalue weighted by atomic mass is 10.0. The standard InChI is InChI=1S/C22H25N5OS/c1-26-13-16(12-23-26)11-15-9-10-27(14-15)22(28)25-21-19(17-5-3-2-4-6-17)24-20(29-21)18-7-8-18/h2-6,12-13,15,18H,7-11,14H2,1H3,(H,25,28)/t15-/m1/s1. The Morgan fingerprint density at radius 1 is 1.24 bits per heavy atom. The van der Waals surface area contributed by atoms with Crippen LogP contribution in [0.2, 0.25) is 0 Å². The zero-order valence-corrected chi connectivity index (χ0v) is 17.4. The van der Waals surface area contributed by atoms with E-state index in [0.717, 1.165) is 47.2 Å². The van der Waals surface area contributed by atoms with E-state index < -0.39 is 0 Å². The van der Waals surface area contributed by atoms with Gasteiger partial charge in [-0.2, -0.15) is 5.10 Å². The van der Waals surface area contributed by atoms with Gasteiger partial charge in [0, 0.05) is 37.8 Å². The molecule has 1 aromatic carbocycles. The number of carbonyl (C=O) groups is 1. The lowest BCUT2D eigenvalue weighted by Gasteiger charge is -2.17.